The minimum Gasteiger partial charge on any atom is -0.334 e. The third-order valence-corrected chi connectivity index (χ3v) is 2.66. The van der Waals surface area contributed by atoms with Crippen LogP contribution in [0.3, 0.4) is 0 Å². The smallest absolute Gasteiger partial charge is 0.274 e. The molecule has 2 rings (SSSR count). The molecule has 1 fully saturated rings. The van der Waals surface area contributed by atoms with Crippen molar-refractivity contribution in [2.24, 2.45) is 0 Å². The fraction of sp³-hybridized carbons (Fsp3) is 0.545. The van der Waals surface area contributed by atoms with Crippen molar-refractivity contribution in [1.82, 2.24) is 20.2 Å². The molecule has 0 saturated carbocycles. The number of amides is 1. The van der Waals surface area contributed by atoms with Gasteiger partial charge in [0.2, 0.25) is 0 Å². The molecule has 1 aromatic rings. The van der Waals surface area contributed by atoms with Gasteiger partial charge in [-0.1, -0.05) is 0 Å². The molecule has 86 valence electrons. The number of carbonyl (C=O) groups is 1. The zero-order valence-electron chi connectivity index (χ0n) is 9.60. The summed E-state index contributed by atoms with van der Waals surface area (Å²) in [6.45, 7) is 6.23. The molecule has 1 atom stereocenters. The molecular formula is C11H16N4O. The molecule has 1 aromatic heterocycles. The lowest BCUT2D eigenvalue weighted by molar-refractivity contribution is 0.0702. The van der Waals surface area contributed by atoms with E-state index in [1.54, 1.807) is 12.4 Å². The number of aryl methyl sites for hydroxylation is 1. The van der Waals surface area contributed by atoms with Gasteiger partial charge in [0.05, 0.1) is 11.9 Å². The van der Waals surface area contributed by atoms with Crippen LogP contribution in [0.25, 0.3) is 0 Å². The Balaban J connectivity index is 2.09. The van der Waals surface area contributed by atoms with Crippen LogP contribution < -0.4 is 5.32 Å². The van der Waals surface area contributed by atoms with Gasteiger partial charge in [0, 0.05) is 31.9 Å². The number of nitrogens with one attached hydrogen (secondary N) is 1. The zero-order valence-corrected chi connectivity index (χ0v) is 9.60. The second kappa shape index (κ2) is 4.57. The molecule has 1 aliphatic heterocycles. The highest BCUT2D eigenvalue weighted by atomic mass is 16.2. The van der Waals surface area contributed by atoms with E-state index in [0.29, 0.717) is 11.7 Å². The average molecular weight is 220 g/mol. The number of carbonyl (C=O) groups excluding carboxylic acids is 1. The van der Waals surface area contributed by atoms with Crippen LogP contribution in [0.1, 0.15) is 23.1 Å². The molecule has 5 nitrogen and oxygen atoms in total. The minimum absolute atomic E-state index is 0.0270. The first-order chi connectivity index (χ1) is 7.66. The Bertz CT molecular complexity index is 376. The molecule has 1 N–H and O–H groups in total. The van der Waals surface area contributed by atoms with Crippen LogP contribution in [0.15, 0.2) is 12.4 Å². The molecule has 0 spiro atoms. The van der Waals surface area contributed by atoms with Crippen LogP contribution in [0.4, 0.5) is 0 Å². The summed E-state index contributed by atoms with van der Waals surface area (Å²) in [5, 5.41) is 3.30. The fourth-order valence-electron chi connectivity index (χ4n) is 1.78. The molecular weight excluding hydrogens is 204 g/mol. The van der Waals surface area contributed by atoms with Crippen LogP contribution in [-0.2, 0) is 0 Å². The van der Waals surface area contributed by atoms with E-state index in [1.165, 1.54) is 0 Å². The second-order valence-corrected chi connectivity index (χ2v) is 4.15. The van der Waals surface area contributed by atoms with E-state index in [1.807, 2.05) is 11.8 Å². The van der Waals surface area contributed by atoms with E-state index in [9.17, 15) is 4.79 Å². The maximum absolute atomic E-state index is 12.1. The maximum atomic E-state index is 12.1. The zero-order chi connectivity index (χ0) is 11.5. The standard InChI is InChI=1S/C11H16N4O/c1-8-5-14-10(6-13-8)11(16)15-4-3-12-9(2)7-15/h5-6,9,12H,3-4,7H2,1-2H3/t9-/m1/s1. The number of aromatic nitrogens is 2. The number of piperazine rings is 1. The molecule has 1 aliphatic rings. The van der Waals surface area contributed by atoms with E-state index < -0.39 is 0 Å². The number of hydrogen-bond donors (Lipinski definition) is 1. The Morgan fingerprint density at radius 2 is 2.31 bits per heavy atom. The summed E-state index contributed by atoms with van der Waals surface area (Å²) in [7, 11) is 0. The third kappa shape index (κ3) is 2.36. The predicted octanol–water partition coefficient (Wildman–Crippen LogP) is 0.219. The van der Waals surface area contributed by atoms with Gasteiger partial charge in [0.25, 0.3) is 5.91 Å². The van der Waals surface area contributed by atoms with Gasteiger partial charge in [0.1, 0.15) is 5.69 Å². The second-order valence-electron chi connectivity index (χ2n) is 4.15. The molecule has 0 unspecified atom stereocenters. The number of hydrogen-bond acceptors (Lipinski definition) is 4. The first-order valence-corrected chi connectivity index (χ1v) is 5.48. The highest BCUT2D eigenvalue weighted by molar-refractivity contribution is 5.92. The van der Waals surface area contributed by atoms with E-state index in [-0.39, 0.29) is 5.91 Å². The summed E-state index contributed by atoms with van der Waals surface area (Å²) in [6.07, 6.45) is 3.17. The molecule has 16 heavy (non-hydrogen) atoms. The van der Waals surface area contributed by atoms with Gasteiger partial charge in [-0.2, -0.15) is 0 Å². The Hall–Kier alpha value is -1.49. The molecule has 2 heterocycles. The van der Waals surface area contributed by atoms with Gasteiger partial charge in [-0.3, -0.25) is 9.78 Å². The quantitative estimate of drug-likeness (QED) is 0.735. The fourth-order valence-corrected chi connectivity index (χ4v) is 1.78. The largest absolute Gasteiger partial charge is 0.334 e. The third-order valence-electron chi connectivity index (χ3n) is 2.66. The van der Waals surface area contributed by atoms with E-state index in [0.717, 1.165) is 25.3 Å². The van der Waals surface area contributed by atoms with Gasteiger partial charge >= 0.3 is 0 Å². The van der Waals surface area contributed by atoms with Crippen LogP contribution >= 0.6 is 0 Å². The molecule has 0 bridgehead atoms. The Morgan fingerprint density at radius 1 is 1.50 bits per heavy atom. The van der Waals surface area contributed by atoms with E-state index in [4.69, 9.17) is 0 Å². The SMILES string of the molecule is Cc1cnc(C(=O)N2CCN[C@H](C)C2)cn1. The van der Waals surface area contributed by atoms with Gasteiger partial charge in [-0.15, -0.1) is 0 Å². The summed E-state index contributed by atoms with van der Waals surface area (Å²) in [5.74, 6) is -0.0270. The predicted molar refractivity (Wildman–Crippen MR) is 60.1 cm³/mol. The minimum atomic E-state index is -0.0270. The van der Waals surface area contributed by atoms with Crippen molar-refractivity contribution < 1.29 is 4.79 Å². The van der Waals surface area contributed by atoms with Gasteiger partial charge in [0.15, 0.2) is 0 Å². The van der Waals surface area contributed by atoms with Crippen molar-refractivity contribution >= 4 is 5.91 Å². The molecule has 1 saturated heterocycles. The van der Waals surface area contributed by atoms with E-state index in [2.05, 4.69) is 22.2 Å². The van der Waals surface area contributed by atoms with Crippen molar-refractivity contribution in [3.05, 3.63) is 23.8 Å². The van der Waals surface area contributed by atoms with Crippen molar-refractivity contribution in [2.75, 3.05) is 19.6 Å². The number of nitrogens with zero attached hydrogens (tertiary/aromatic N) is 3. The van der Waals surface area contributed by atoms with Crippen LogP contribution in [-0.4, -0.2) is 46.5 Å². The summed E-state index contributed by atoms with van der Waals surface area (Å²) >= 11 is 0. The Kier molecular flexibility index (Phi) is 3.14. The van der Waals surface area contributed by atoms with Gasteiger partial charge in [-0.25, -0.2) is 4.98 Å². The normalized spacial score (nSPS) is 20.9. The van der Waals surface area contributed by atoms with Crippen LogP contribution in [0.5, 0.6) is 0 Å². The summed E-state index contributed by atoms with van der Waals surface area (Å²) in [4.78, 5) is 22.1. The highest BCUT2D eigenvalue weighted by Gasteiger charge is 2.22. The van der Waals surface area contributed by atoms with Crippen molar-refractivity contribution in [2.45, 2.75) is 19.9 Å². The van der Waals surface area contributed by atoms with Crippen molar-refractivity contribution in [3.8, 4) is 0 Å². The lowest BCUT2D eigenvalue weighted by Gasteiger charge is -2.31. The maximum Gasteiger partial charge on any atom is 0.274 e. The lowest BCUT2D eigenvalue weighted by atomic mass is 10.2. The Morgan fingerprint density at radius 3 is 2.94 bits per heavy atom. The summed E-state index contributed by atoms with van der Waals surface area (Å²) in [6, 6.07) is 0.344. The van der Waals surface area contributed by atoms with Gasteiger partial charge in [-0.05, 0) is 13.8 Å². The molecule has 5 heteroatoms. The highest BCUT2D eigenvalue weighted by Crippen LogP contribution is 2.05. The summed E-state index contributed by atoms with van der Waals surface area (Å²) in [5.41, 5.74) is 1.25. The topological polar surface area (TPSA) is 58.1 Å². The first-order valence-electron chi connectivity index (χ1n) is 5.48. The lowest BCUT2D eigenvalue weighted by Crippen LogP contribution is -2.51. The monoisotopic (exact) mass is 220 g/mol. The average Bonchev–Trinajstić information content (AvgIpc) is 2.29. The Labute approximate surface area is 94.9 Å². The van der Waals surface area contributed by atoms with Crippen LogP contribution in [0, 0.1) is 6.92 Å². The molecule has 0 radical (unpaired) electrons. The van der Waals surface area contributed by atoms with Crippen molar-refractivity contribution in [1.29, 1.82) is 0 Å². The number of rotatable bonds is 1. The molecule has 0 aromatic carbocycles. The van der Waals surface area contributed by atoms with Crippen LogP contribution in [0.2, 0.25) is 0 Å². The molecule has 0 aliphatic carbocycles. The molecule has 1 amide bonds. The van der Waals surface area contributed by atoms with Gasteiger partial charge < -0.3 is 10.2 Å². The first kappa shape index (κ1) is 11.0. The summed E-state index contributed by atoms with van der Waals surface area (Å²) < 4.78 is 0. The van der Waals surface area contributed by atoms with E-state index >= 15 is 0 Å². The van der Waals surface area contributed by atoms with Crippen molar-refractivity contribution in [3.63, 3.8) is 0 Å².